The molecule has 4 heterocycles. The molecule has 4 aromatic rings. The van der Waals surface area contributed by atoms with Gasteiger partial charge in [-0.3, -0.25) is 0 Å². The van der Waals surface area contributed by atoms with Crippen LogP contribution in [-0.2, 0) is 0 Å². The molecular formula is C21H23N5S. The molecule has 0 amide bonds. The summed E-state index contributed by atoms with van der Waals surface area (Å²) in [7, 11) is 2.17. The number of anilines is 1. The second-order valence-corrected chi connectivity index (χ2v) is 7.83. The standard InChI is InChI=1S/C21H21N5S.H2/c1-25-7-9-26(10-8-25)21-24-19(14-27-21)18-13-23-20-17(18)11-16(12-22-20)15-5-3-2-4-6-15;/h2-6,11-14H,7-10H2,1H3,(H,22,23);1H. The van der Waals surface area contributed by atoms with E-state index in [2.05, 4.69) is 62.5 Å². The van der Waals surface area contributed by atoms with Gasteiger partial charge in [-0.15, -0.1) is 11.3 Å². The van der Waals surface area contributed by atoms with Crippen molar-refractivity contribution in [3.05, 3.63) is 54.2 Å². The molecule has 1 aliphatic rings. The number of piperazine rings is 1. The average molecular weight is 378 g/mol. The lowest BCUT2D eigenvalue weighted by molar-refractivity contribution is 0.313. The number of nitrogens with one attached hydrogen (secondary N) is 1. The number of rotatable bonds is 3. The van der Waals surface area contributed by atoms with Crippen molar-refractivity contribution < 1.29 is 1.43 Å². The van der Waals surface area contributed by atoms with Crippen LogP contribution in [0.25, 0.3) is 33.4 Å². The van der Waals surface area contributed by atoms with E-state index in [1.807, 2.05) is 18.5 Å². The van der Waals surface area contributed by atoms with Crippen LogP contribution in [0.1, 0.15) is 1.43 Å². The lowest BCUT2D eigenvalue weighted by atomic mass is 10.1. The molecule has 138 valence electrons. The average Bonchev–Trinajstić information content (AvgIpc) is 3.35. The van der Waals surface area contributed by atoms with E-state index in [4.69, 9.17) is 4.98 Å². The first-order chi connectivity index (χ1) is 13.3. The molecule has 0 aliphatic carbocycles. The van der Waals surface area contributed by atoms with E-state index in [9.17, 15) is 0 Å². The SMILES string of the molecule is CN1CCN(c2nc(-c3c[nH]c4ncc(-c5ccccc5)cc34)cs2)CC1.[HH]. The lowest BCUT2D eigenvalue weighted by Gasteiger charge is -2.32. The quantitative estimate of drug-likeness (QED) is 0.577. The molecule has 1 aromatic carbocycles. The Balaban J connectivity index is 0.00000192. The number of H-pyrrole nitrogens is 1. The summed E-state index contributed by atoms with van der Waals surface area (Å²) in [5.41, 5.74) is 5.34. The minimum absolute atomic E-state index is 0. The Hall–Kier alpha value is -2.70. The van der Waals surface area contributed by atoms with Crippen molar-refractivity contribution in [2.45, 2.75) is 0 Å². The Morgan fingerprint density at radius 1 is 1.07 bits per heavy atom. The summed E-state index contributed by atoms with van der Waals surface area (Å²) in [6, 6.07) is 12.6. The molecule has 1 N–H and O–H groups in total. The van der Waals surface area contributed by atoms with Gasteiger partial charge in [-0.2, -0.15) is 0 Å². The molecule has 0 saturated carbocycles. The molecule has 3 aromatic heterocycles. The zero-order valence-corrected chi connectivity index (χ0v) is 16.0. The van der Waals surface area contributed by atoms with Gasteiger partial charge < -0.3 is 14.8 Å². The molecule has 1 fully saturated rings. The summed E-state index contributed by atoms with van der Waals surface area (Å²) in [5.74, 6) is 0. The van der Waals surface area contributed by atoms with Crippen molar-refractivity contribution >= 4 is 27.5 Å². The second kappa shape index (κ2) is 6.79. The number of pyridine rings is 1. The lowest BCUT2D eigenvalue weighted by Crippen LogP contribution is -2.44. The van der Waals surface area contributed by atoms with Crippen LogP contribution in [0.2, 0.25) is 0 Å². The molecule has 0 atom stereocenters. The van der Waals surface area contributed by atoms with Gasteiger partial charge in [0.1, 0.15) is 5.65 Å². The number of hydrogen-bond donors (Lipinski definition) is 1. The van der Waals surface area contributed by atoms with Gasteiger partial charge in [-0.1, -0.05) is 30.3 Å². The van der Waals surface area contributed by atoms with Crippen LogP contribution in [0.5, 0.6) is 0 Å². The van der Waals surface area contributed by atoms with Crippen molar-refractivity contribution in [3.8, 4) is 22.4 Å². The minimum atomic E-state index is 0. The Morgan fingerprint density at radius 3 is 2.70 bits per heavy atom. The third-order valence-electron chi connectivity index (χ3n) is 5.18. The van der Waals surface area contributed by atoms with E-state index in [-0.39, 0.29) is 1.43 Å². The van der Waals surface area contributed by atoms with E-state index in [1.165, 1.54) is 5.56 Å². The summed E-state index contributed by atoms with van der Waals surface area (Å²) < 4.78 is 0. The largest absolute Gasteiger partial charge is 0.346 e. The third-order valence-corrected chi connectivity index (χ3v) is 6.08. The van der Waals surface area contributed by atoms with Crippen LogP contribution in [0.15, 0.2) is 54.2 Å². The van der Waals surface area contributed by atoms with Gasteiger partial charge in [0, 0.05) is 61.9 Å². The maximum Gasteiger partial charge on any atom is 0.185 e. The van der Waals surface area contributed by atoms with Gasteiger partial charge in [-0.25, -0.2) is 9.97 Å². The van der Waals surface area contributed by atoms with Crippen LogP contribution in [0.4, 0.5) is 5.13 Å². The number of hydrogen-bond acceptors (Lipinski definition) is 5. The predicted molar refractivity (Wildman–Crippen MR) is 114 cm³/mol. The fourth-order valence-electron chi connectivity index (χ4n) is 3.53. The molecule has 6 heteroatoms. The Labute approximate surface area is 163 Å². The highest BCUT2D eigenvalue weighted by Gasteiger charge is 2.18. The van der Waals surface area contributed by atoms with Crippen molar-refractivity contribution in [3.63, 3.8) is 0 Å². The maximum atomic E-state index is 4.93. The smallest absolute Gasteiger partial charge is 0.185 e. The van der Waals surface area contributed by atoms with Gasteiger partial charge in [-0.05, 0) is 18.7 Å². The van der Waals surface area contributed by atoms with Crippen LogP contribution < -0.4 is 4.90 Å². The van der Waals surface area contributed by atoms with Crippen LogP contribution in [0.3, 0.4) is 0 Å². The van der Waals surface area contributed by atoms with Gasteiger partial charge in [0.25, 0.3) is 0 Å². The highest BCUT2D eigenvalue weighted by Crippen LogP contribution is 2.33. The number of benzene rings is 1. The van der Waals surface area contributed by atoms with E-state index in [0.29, 0.717) is 0 Å². The summed E-state index contributed by atoms with van der Waals surface area (Å²) >= 11 is 1.73. The molecule has 5 rings (SSSR count). The third kappa shape index (κ3) is 3.11. The highest BCUT2D eigenvalue weighted by atomic mass is 32.1. The Kier molecular flexibility index (Phi) is 4.14. The predicted octanol–water partition coefficient (Wildman–Crippen LogP) is 4.35. The first kappa shape index (κ1) is 16.5. The molecule has 0 spiro atoms. The molecule has 5 nitrogen and oxygen atoms in total. The number of likely N-dealkylation sites (N-methyl/N-ethyl adjacent to an activating group) is 1. The van der Waals surface area contributed by atoms with Crippen LogP contribution in [0, 0.1) is 0 Å². The fraction of sp³-hybridized carbons (Fsp3) is 0.238. The number of thiazole rings is 1. The van der Waals surface area contributed by atoms with Crippen LogP contribution in [-0.4, -0.2) is 53.1 Å². The maximum absolute atomic E-state index is 4.93. The molecule has 0 radical (unpaired) electrons. The summed E-state index contributed by atoms with van der Waals surface area (Å²) in [4.78, 5) is 17.6. The van der Waals surface area contributed by atoms with Crippen molar-refractivity contribution in [1.82, 2.24) is 19.9 Å². The topological polar surface area (TPSA) is 48.0 Å². The highest BCUT2D eigenvalue weighted by molar-refractivity contribution is 7.14. The second-order valence-electron chi connectivity index (χ2n) is 6.99. The number of fused-ring (bicyclic) bond motifs is 1. The first-order valence-corrected chi connectivity index (χ1v) is 10.1. The number of aromatic amines is 1. The normalized spacial score (nSPS) is 15.5. The summed E-state index contributed by atoms with van der Waals surface area (Å²) in [6.07, 6.45) is 3.95. The molecule has 0 bridgehead atoms. The summed E-state index contributed by atoms with van der Waals surface area (Å²) in [6.45, 7) is 4.26. The van der Waals surface area contributed by atoms with E-state index in [1.54, 1.807) is 11.3 Å². The Bertz CT molecular complexity index is 1070. The van der Waals surface area contributed by atoms with Crippen molar-refractivity contribution in [1.29, 1.82) is 0 Å². The molecule has 27 heavy (non-hydrogen) atoms. The first-order valence-electron chi connectivity index (χ1n) is 9.20. The minimum Gasteiger partial charge on any atom is -0.346 e. The molecular weight excluding hydrogens is 354 g/mol. The van der Waals surface area contributed by atoms with Crippen molar-refractivity contribution in [2.24, 2.45) is 0 Å². The molecule has 0 unspecified atom stereocenters. The zero-order chi connectivity index (χ0) is 18.2. The summed E-state index contributed by atoms with van der Waals surface area (Å²) in [5, 5.41) is 4.39. The van der Waals surface area contributed by atoms with Gasteiger partial charge in [0.2, 0.25) is 0 Å². The molecule has 1 aliphatic heterocycles. The monoisotopic (exact) mass is 377 g/mol. The number of nitrogens with zero attached hydrogens (tertiary/aromatic N) is 4. The van der Waals surface area contributed by atoms with Gasteiger partial charge in [0.05, 0.1) is 5.69 Å². The van der Waals surface area contributed by atoms with Crippen LogP contribution >= 0.6 is 11.3 Å². The van der Waals surface area contributed by atoms with E-state index in [0.717, 1.165) is 59.2 Å². The van der Waals surface area contributed by atoms with Gasteiger partial charge in [0.15, 0.2) is 5.13 Å². The van der Waals surface area contributed by atoms with Crippen molar-refractivity contribution in [2.75, 3.05) is 38.1 Å². The molecule has 1 saturated heterocycles. The Morgan fingerprint density at radius 2 is 1.89 bits per heavy atom. The fourth-order valence-corrected chi connectivity index (χ4v) is 4.41. The van der Waals surface area contributed by atoms with Gasteiger partial charge >= 0.3 is 0 Å². The zero-order valence-electron chi connectivity index (χ0n) is 15.2. The van der Waals surface area contributed by atoms with E-state index >= 15 is 0 Å². The van der Waals surface area contributed by atoms with E-state index < -0.39 is 0 Å². The number of aromatic nitrogens is 3.